The van der Waals surface area contributed by atoms with Crippen LogP contribution in [0.2, 0.25) is 0 Å². The molecule has 1 amide bonds. The Labute approximate surface area is 102 Å². The number of aryl methyl sites for hydroxylation is 1. The van der Waals surface area contributed by atoms with Crippen molar-refractivity contribution in [2.24, 2.45) is 0 Å². The first-order valence-corrected chi connectivity index (χ1v) is 6.08. The van der Waals surface area contributed by atoms with E-state index in [2.05, 4.69) is 10.3 Å². The Hall–Kier alpha value is -1.58. The van der Waals surface area contributed by atoms with Crippen LogP contribution in [0.1, 0.15) is 26.0 Å². The molecule has 2 heterocycles. The van der Waals surface area contributed by atoms with Gasteiger partial charge in [-0.3, -0.25) is 4.79 Å². The van der Waals surface area contributed by atoms with Crippen LogP contribution < -0.4 is 5.32 Å². The van der Waals surface area contributed by atoms with Crippen molar-refractivity contribution < 1.29 is 4.79 Å². The number of likely N-dealkylation sites (tertiary alicyclic amines) is 1. The van der Waals surface area contributed by atoms with Gasteiger partial charge in [0.25, 0.3) is 0 Å². The summed E-state index contributed by atoms with van der Waals surface area (Å²) in [6, 6.07) is 5.96. The van der Waals surface area contributed by atoms with Gasteiger partial charge in [-0.25, -0.2) is 4.98 Å². The highest BCUT2D eigenvalue weighted by atomic mass is 16.2. The molecule has 0 spiro atoms. The van der Waals surface area contributed by atoms with Crippen molar-refractivity contribution in [2.75, 3.05) is 11.9 Å². The molecule has 1 aliphatic heterocycles. The third-order valence-corrected chi connectivity index (χ3v) is 3.07. The minimum Gasteiger partial charge on any atom is -0.358 e. The van der Waals surface area contributed by atoms with E-state index in [9.17, 15) is 4.79 Å². The number of nitrogens with one attached hydrogen (secondary N) is 1. The number of aromatic nitrogens is 1. The second-order valence-corrected chi connectivity index (χ2v) is 4.78. The van der Waals surface area contributed by atoms with Crippen LogP contribution in [-0.4, -0.2) is 34.4 Å². The van der Waals surface area contributed by atoms with E-state index in [-0.39, 0.29) is 18.0 Å². The van der Waals surface area contributed by atoms with E-state index in [4.69, 9.17) is 0 Å². The Balaban J connectivity index is 2.04. The lowest BCUT2D eigenvalue weighted by Crippen LogP contribution is -2.37. The fraction of sp³-hybridized carbons (Fsp3) is 0.538. The van der Waals surface area contributed by atoms with Gasteiger partial charge in [0.15, 0.2) is 0 Å². The SMILES string of the molecule is Cc1cccc(NC2CCN(C(C)C)C2=O)n1. The number of carbonyl (C=O) groups excluding carboxylic acids is 1. The standard InChI is InChI=1S/C13H19N3O/c1-9(2)16-8-7-11(13(16)17)15-12-6-4-5-10(3)14-12/h4-6,9,11H,7-8H2,1-3H3,(H,14,15). The molecule has 0 bridgehead atoms. The molecular formula is C13H19N3O. The van der Waals surface area contributed by atoms with Gasteiger partial charge in [-0.2, -0.15) is 0 Å². The summed E-state index contributed by atoms with van der Waals surface area (Å²) < 4.78 is 0. The number of carbonyl (C=O) groups is 1. The highest BCUT2D eigenvalue weighted by Gasteiger charge is 2.32. The van der Waals surface area contributed by atoms with Crippen molar-refractivity contribution in [2.45, 2.75) is 39.3 Å². The summed E-state index contributed by atoms with van der Waals surface area (Å²) in [6.45, 7) is 6.87. The van der Waals surface area contributed by atoms with Gasteiger partial charge in [-0.15, -0.1) is 0 Å². The zero-order valence-electron chi connectivity index (χ0n) is 10.6. The number of hydrogen-bond acceptors (Lipinski definition) is 3. The van der Waals surface area contributed by atoms with E-state index in [1.54, 1.807) is 0 Å². The van der Waals surface area contributed by atoms with Gasteiger partial charge in [-0.05, 0) is 39.3 Å². The topological polar surface area (TPSA) is 45.2 Å². The molecule has 1 unspecified atom stereocenters. The zero-order valence-corrected chi connectivity index (χ0v) is 10.6. The summed E-state index contributed by atoms with van der Waals surface area (Å²) in [6.07, 6.45) is 0.854. The molecule has 0 aliphatic carbocycles. The minimum atomic E-state index is -0.119. The summed E-state index contributed by atoms with van der Waals surface area (Å²) >= 11 is 0. The third kappa shape index (κ3) is 2.57. The van der Waals surface area contributed by atoms with Gasteiger partial charge in [0, 0.05) is 18.3 Å². The van der Waals surface area contributed by atoms with Gasteiger partial charge in [0.1, 0.15) is 11.9 Å². The van der Waals surface area contributed by atoms with Gasteiger partial charge in [0.05, 0.1) is 0 Å². The molecule has 4 nitrogen and oxygen atoms in total. The molecule has 1 N–H and O–H groups in total. The quantitative estimate of drug-likeness (QED) is 0.866. The van der Waals surface area contributed by atoms with Crippen molar-refractivity contribution in [3.8, 4) is 0 Å². The maximum absolute atomic E-state index is 12.1. The molecule has 1 aromatic heterocycles. The van der Waals surface area contributed by atoms with Crippen molar-refractivity contribution in [3.63, 3.8) is 0 Å². The molecule has 2 rings (SSSR count). The van der Waals surface area contributed by atoms with Crippen LogP contribution in [0.3, 0.4) is 0 Å². The lowest BCUT2D eigenvalue weighted by molar-refractivity contribution is -0.129. The summed E-state index contributed by atoms with van der Waals surface area (Å²) in [5.41, 5.74) is 0.959. The van der Waals surface area contributed by atoms with E-state index in [0.717, 1.165) is 24.5 Å². The Kier molecular flexibility index (Phi) is 3.31. The van der Waals surface area contributed by atoms with Crippen LogP contribution in [0.15, 0.2) is 18.2 Å². The van der Waals surface area contributed by atoms with Crippen LogP contribution in [0.4, 0.5) is 5.82 Å². The lowest BCUT2D eigenvalue weighted by Gasteiger charge is -2.21. The Morgan fingerprint density at radius 1 is 1.47 bits per heavy atom. The van der Waals surface area contributed by atoms with Crippen LogP contribution >= 0.6 is 0 Å². The molecule has 1 fully saturated rings. The van der Waals surface area contributed by atoms with E-state index >= 15 is 0 Å². The first-order chi connectivity index (χ1) is 8.08. The highest BCUT2D eigenvalue weighted by Crippen LogP contribution is 2.18. The number of anilines is 1. The highest BCUT2D eigenvalue weighted by molar-refractivity contribution is 5.86. The number of rotatable bonds is 3. The second-order valence-electron chi connectivity index (χ2n) is 4.78. The second kappa shape index (κ2) is 4.73. The number of pyridine rings is 1. The number of amides is 1. The fourth-order valence-electron chi connectivity index (χ4n) is 2.15. The van der Waals surface area contributed by atoms with E-state index < -0.39 is 0 Å². The first kappa shape index (κ1) is 11.9. The smallest absolute Gasteiger partial charge is 0.245 e. The zero-order chi connectivity index (χ0) is 12.4. The molecule has 1 aromatic rings. The van der Waals surface area contributed by atoms with E-state index in [1.807, 2.05) is 43.9 Å². The predicted molar refractivity (Wildman–Crippen MR) is 67.9 cm³/mol. The fourth-order valence-corrected chi connectivity index (χ4v) is 2.15. The largest absolute Gasteiger partial charge is 0.358 e. The predicted octanol–water partition coefficient (Wildman–Crippen LogP) is 1.81. The summed E-state index contributed by atoms with van der Waals surface area (Å²) in [5, 5.41) is 3.21. The molecule has 4 heteroatoms. The molecular weight excluding hydrogens is 214 g/mol. The maximum Gasteiger partial charge on any atom is 0.245 e. The van der Waals surface area contributed by atoms with Crippen molar-refractivity contribution >= 4 is 11.7 Å². The summed E-state index contributed by atoms with van der Waals surface area (Å²) in [4.78, 5) is 18.3. The minimum absolute atomic E-state index is 0.119. The average molecular weight is 233 g/mol. The Morgan fingerprint density at radius 3 is 2.82 bits per heavy atom. The summed E-state index contributed by atoms with van der Waals surface area (Å²) in [7, 11) is 0. The number of nitrogens with zero attached hydrogens (tertiary/aromatic N) is 2. The molecule has 1 atom stereocenters. The molecule has 17 heavy (non-hydrogen) atoms. The first-order valence-electron chi connectivity index (χ1n) is 6.08. The molecule has 92 valence electrons. The molecule has 1 aliphatic rings. The van der Waals surface area contributed by atoms with Crippen LogP contribution in [0, 0.1) is 6.92 Å². The Bertz CT molecular complexity index is 417. The summed E-state index contributed by atoms with van der Waals surface area (Å²) in [5.74, 6) is 0.970. The van der Waals surface area contributed by atoms with Crippen LogP contribution in [0.25, 0.3) is 0 Å². The molecule has 0 radical (unpaired) electrons. The van der Waals surface area contributed by atoms with Crippen molar-refractivity contribution in [3.05, 3.63) is 23.9 Å². The lowest BCUT2D eigenvalue weighted by atomic mass is 10.2. The maximum atomic E-state index is 12.1. The molecule has 1 saturated heterocycles. The monoisotopic (exact) mass is 233 g/mol. The molecule has 0 saturated carbocycles. The van der Waals surface area contributed by atoms with Gasteiger partial charge < -0.3 is 10.2 Å². The molecule has 0 aromatic carbocycles. The van der Waals surface area contributed by atoms with E-state index in [1.165, 1.54) is 0 Å². The van der Waals surface area contributed by atoms with Crippen LogP contribution in [-0.2, 0) is 4.79 Å². The van der Waals surface area contributed by atoms with Gasteiger partial charge in [0.2, 0.25) is 5.91 Å². The normalized spacial score (nSPS) is 20.1. The van der Waals surface area contributed by atoms with Crippen LogP contribution in [0.5, 0.6) is 0 Å². The average Bonchev–Trinajstić information content (AvgIpc) is 2.61. The van der Waals surface area contributed by atoms with Crippen molar-refractivity contribution in [1.29, 1.82) is 0 Å². The number of hydrogen-bond donors (Lipinski definition) is 1. The van der Waals surface area contributed by atoms with Gasteiger partial charge >= 0.3 is 0 Å². The third-order valence-electron chi connectivity index (χ3n) is 3.07. The van der Waals surface area contributed by atoms with Gasteiger partial charge in [-0.1, -0.05) is 6.07 Å². The Morgan fingerprint density at radius 2 is 2.24 bits per heavy atom. The van der Waals surface area contributed by atoms with Crippen molar-refractivity contribution in [1.82, 2.24) is 9.88 Å². The van der Waals surface area contributed by atoms with E-state index in [0.29, 0.717) is 0 Å².